The average Bonchev–Trinajstić information content (AvgIpc) is 1.73. The molecule has 0 radical (unpaired) electrons. The molecular weight excluding hydrogens is 1610 g/mol. The SMILES string of the molecule is Cc1cc(C(=O)Cl)ccc1C1=NOC(C)(C)C1=O.Cc1cc(C(=O)N(c2ncccc2Cl)[C@@H]2CCCN(C(=O)OC(C)(C)C)C2)ccc1C1=NOC(C)(C)C1=O.Cc1cc(C(=O)N(c2ncccc2Cl)[C@@H]2CCCNC2)ccc1C1=NOC(C)(C)C1=O.Cc1cc(C(=O)O)ccc1C1=NOC(C)(C)C1=O.[CH3-].[W]. The summed E-state index contributed by atoms with van der Waals surface area (Å²) in [7, 11) is 0. The number of Topliss-reactive ketones (excluding diaryl/α,β-unsaturated/α-hetero) is 4. The van der Waals surface area contributed by atoms with E-state index >= 15 is 0 Å². The molecule has 6 aliphatic heterocycles. The first-order valence-corrected chi connectivity index (χ1v) is 35.0. The fraction of sp³-hybridized carbons (Fsp3) is 0.385. The molecule has 4 aromatic carbocycles. The standard InChI is InChI=1S/C28H33ClN4O5.C23H25ClN4O3.C13H12ClNO3.C13H13NO4.CH3.W/c1-17-15-18(11-12-20(17)22-23(34)28(5,6)38-31-22)25(35)33(24-21(29)10-7-13-30-24)19-9-8-14-32(16-19)26(36)37-27(2,3)4;1-14-12-15(8-9-17(14)19-20(29)23(2,3)31-27-19)22(30)28(16-6-4-10-25-13-16)21-18(24)7-5-11-26-21;1-7-6-8(12(14)17)4-5-9(7)10-11(16)13(2,3)18-15-10;1-7-6-8(12(16)17)4-5-9(7)10-11(15)13(2,3)18-14-10;;/h7,10-13,15,19H,8-9,14,16H2,1-6H3;5,7-9,11-12,16,25H,4,6,10,13H2,1-3H3;4-6H,1-3H3;4-6H,1-3H3,(H,16,17);1H3;/q;;;;-1;/t19-;16-;;;;/m11..../s1. The largest absolute Gasteiger partial charge is 0.478 e. The van der Waals surface area contributed by atoms with Crippen LogP contribution in [0.4, 0.5) is 16.4 Å². The summed E-state index contributed by atoms with van der Waals surface area (Å²) in [5.74, 6) is -1.48. The number of piperidine rings is 2. The Labute approximate surface area is 651 Å². The number of carboxylic acids is 1. The Bertz CT molecular complexity index is 4530. The number of carboxylic acid groups (broad SMARTS) is 1. The van der Waals surface area contributed by atoms with Crippen molar-refractivity contribution in [1.82, 2.24) is 20.2 Å². The molecule has 2 saturated heterocycles. The fourth-order valence-corrected chi connectivity index (χ4v) is 12.5. The molecular formula is C78H86Cl3N10O15W-. The summed E-state index contributed by atoms with van der Waals surface area (Å²) in [5.41, 5.74) is 3.45. The van der Waals surface area contributed by atoms with Crippen LogP contribution < -0.4 is 15.1 Å². The second-order valence-electron chi connectivity index (χ2n) is 28.9. The van der Waals surface area contributed by atoms with Crippen LogP contribution in [0.5, 0.6) is 0 Å². The van der Waals surface area contributed by atoms with Crippen LogP contribution >= 0.6 is 34.8 Å². The van der Waals surface area contributed by atoms with Gasteiger partial charge in [-0.25, -0.2) is 19.6 Å². The van der Waals surface area contributed by atoms with E-state index in [0.29, 0.717) is 97.7 Å². The number of benzene rings is 4. The normalized spacial score (nSPS) is 18.4. The summed E-state index contributed by atoms with van der Waals surface area (Å²) in [6, 6.07) is 26.2. The number of hydrogen-bond acceptors (Lipinski definition) is 21. The zero-order chi connectivity index (χ0) is 77.0. The van der Waals surface area contributed by atoms with E-state index < -0.39 is 45.3 Å². The van der Waals surface area contributed by atoms with Crippen LogP contribution in [0.25, 0.3) is 0 Å². The van der Waals surface area contributed by atoms with E-state index in [-0.39, 0.29) is 110 Å². The Morgan fingerprint density at radius 2 is 0.888 bits per heavy atom. The molecule has 0 bridgehead atoms. The zero-order valence-electron chi connectivity index (χ0n) is 62.4. The van der Waals surface area contributed by atoms with Gasteiger partial charge in [0, 0.05) is 92.0 Å². The topological polar surface area (TPSA) is 317 Å². The Morgan fingerprint density at radius 1 is 0.542 bits per heavy atom. The van der Waals surface area contributed by atoms with Gasteiger partial charge in [-0.3, -0.25) is 43.4 Å². The second kappa shape index (κ2) is 34.2. The Morgan fingerprint density at radius 3 is 1.21 bits per heavy atom. The molecule has 107 heavy (non-hydrogen) atoms. The number of hydrogen-bond donors (Lipinski definition) is 2. The van der Waals surface area contributed by atoms with E-state index in [0.717, 1.165) is 30.5 Å². The predicted molar refractivity (Wildman–Crippen MR) is 404 cm³/mol. The number of ketones is 4. The first-order chi connectivity index (χ1) is 49.2. The van der Waals surface area contributed by atoms with Crippen molar-refractivity contribution in [3.8, 4) is 0 Å². The maximum Gasteiger partial charge on any atom is 0.410 e. The average molecular weight is 1690 g/mol. The van der Waals surface area contributed by atoms with Gasteiger partial charge in [0.05, 0.1) is 27.7 Å². The molecule has 0 saturated carbocycles. The third-order valence-electron chi connectivity index (χ3n) is 17.8. The molecule has 566 valence electrons. The number of nitrogens with one attached hydrogen (secondary N) is 1. The Balaban J connectivity index is 0.000000207. The van der Waals surface area contributed by atoms with Crippen molar-refractivity contribution in [2.24, 2.45) is 20.6 Å². The summed E-state index contributed by atoms with van der Waals surface area (Å²) in [5, 5.41) is 28.0. The van der Waals surface area contributed by atoms with E-state index in [2.05, 4.69) is 35.9 Å². The van der Waals surface area contributed by atoms with Crippen molar-refractivity contribution in [3.05, 3.63) is 194 Å². The number of amides is 3. The molecule has 8 heterocycles. The van der Waals surface area contributed by atoms with E-state index in [1.165, 1.54) is 12.1 Å². The summed E-state index contributed by atoms with van der Waals surface area (Å²) in [6.07, 6.45) is 5.97. The monoisotopic (exact) mass is 1690 g/mol. The number of oxime groups is 4. The molecule has 3 amide bonds. The van der Waals surface area contributed by atoms with Gasteiger partial charge in [-0.15, -0.1) is 0 Å². The predicted octanol–water partition coefficient (Wildman–Crippen LogP) is 13.4. The molecule has 6 aliphatic rings. The van der Waals surface area contributed by atoms with Crippen LogP contribution in [0.15, 0.2) is 130 Å². The van der Waals surface area contributed by atoms with Crippen LogP contribution in [0.1, 0.15) is 188 Å². The van der Waals surface area contributed by atoms with Crippen LogP contribution in [0, 0.1) is 35.1 Å². The minimum atomic E-state index is -1.02. The quantitative estimate of drug-likeness (QED) is 0.0849. The third-order valence-corrected chi connectivity index (χ3v) is 18.6. The third kappa shape index (κ3) is 19.3. The van der Waals surface area contributed by atoms with Crippen molar-refractivity contribution >= 4 is 122 Å². The van der Waals surface area contributed by atoms with E-state index in [9.17, 15) is 43.2 Å². The second-order valence-corrected chi connectivity index (χ2v) is 30.0. The molecule has 0 spiro atoms. The first-order valence-electron chi connectivity index (χ1n) is 33.9. The summed E-state index contributed by atoms with van der Waals surface area (Å²) in [6.45, 7) is 28.4. The number of nitrogens with zero attached hydrogens (tertiary/aromatic N) is 9. The van der Waals surface area contributed by atoms with Gasteiger partial charge in [-0.1, -0.05) is 68.1 Å². The minimum absolute atomic E-state index is 0. The zero-order valence-corrected chi connectivity index (χ0v) is 67.6. The number of anilines is 2. The molecule has 25 nitrogen and oxygen atoms in total. The fourth-order valence-electron chi connectivity index (χ4n) is 12.0. The Hall–Kier alpha value is -9.39. The number of likely N-dealkylation sites (tertiary alicyclic amines) is 1. The number of aryl methyl sites for hydroxylation is 4. The van der Waals surface area contributed by atoms with Gasteiger partial charge in [-0.2, -0.15) is 0 Å². The molecule has 2 N–H and O–H groups in total. The molecule has 2 atom stereocenters. The van der Waals surface area contributed by atoms with E-state index in [4.69, 9.17) is 64.0 Å². The number of carbonyl (C=O) groups is 9. The van der Waals surface area contributed by atoms with Gasteiger partial charge in [0.15, 0.2) is 56.9 Å². The van der Waals surface area contributed by atoms with Gasteiger partial charge in [-0.05, 0) is 243 Å². The van der Waals surface area contributed by atoms with Crippen molar-refractivity contribution in [2.45, 2.75) is 170 Å². The van der Waals surface area contributed by atoms with Crippen LogP contribution in [-0.2, 0) is 64.3 Å². The molecule has 29 heteroatoms. The molecule has 0 unspecified atom stereocenters. The van der Waals surface area contributed by atoms with Crippen molar-refractivity contribution in [1.29, 1.82) is 0 Å². The van der Waals surface area contributed by atoms with E-state index in [1.54, 1.807) is 181 Å². The summed E-state index contributed by atoms with van der Waals surface area (Å²) in [4.78, 5) is 146. The number of pyridine rings is 2. The van der Waals surface area contributed by atoms with Crippen molar-refractivity contribution in [2.75, 3.05) is 36.0 Å². The molecule has 2 fully saturated rings. The molecule has 2 aromatic heterocycles. The van der Waals surface area contributed by atoms with Crippen molar-refractivity contribution < 1.29 is 93.4 Å². The summed E-state index contributed by atoms with van der Waals surface area (Å²) >= 11 is 18.3. The summed E-state index contributed by atoms with van der Waals surface area (Å²) < 4.78 is 5.57. The van der Waals surface area contributed by atoms with Gasteiger partial charge in [0.2, 0.25) is 23.1 Å². The molecule has 6 aromatic rings. The Kier molecular flexibility index (Phi) is 27.2. The number of carbonyl (C=O) groups excluding carboxylic acids is 8. The number of halogens is 3. The van der Waals surface area contributed by atoms with Gasteiger partial charge in [0.1, 0.15) is 5.60 Å². The number of rotatable bonds is 12. The van der Waals surface area contributed by atoms with Crippen LogP contribution in [0.2, 0.25) is 10.0 Å². The number of aromatic carboxylic acids is 1. The maximum absolute atomic E-state index is 14.0. The number of aromatic nitrogens is 2. The maximum atomic E-state index is 14.0. The molecule has 12 rings (SSSR count). The van der Waals surface area contributed by atoms with Gasteiger partial charge >= 0.3 is 12.1 Å². The van der Waals surface area contributed by atoms with E-state index in [1.807, 2.05) is 34.6 Å². The van der Waals surface area contributed by atoms with Gasteiger partial charge < -0.3 is 46.8 Å². The molecule has 0 aliphatic carbocycles. The van der Waals surface area contributed by atoms with Crippen LogP contribution in [0.3, 0.4) is 0 Å². The minimum Gasteiger partial charge on any atom is -0.478 e. The van der Waals surface area contributed by atoms with Crippen LogP contribution in [-0.4, -0.2) is 161 Å². The smallest absolute Gasteiger partial charge is 0.410 e. The first kappa shape index (κ1) is 84.9. The van der Waals surface area contributed by atoms with Crippen molar-refractivity contribution in [3.63, 3.8) is 0 Å². The number of ether oxygens (including phenoxy) is 1. The van der Waals surface area contributed by atoms with Gasteiger partial charge in [0.25, 0.3) is 17.1 Å².